The molecule has 0 bridgehead atoms. The van der Waals surface area contributed by atoms with Crippen LogP contribution in [0.25, 0.3) is 17.2 Å². The van der Waals surface area contributed by atoms with E-state index in [0.717, 1.165) is 29.5 Å². The molecule has 1 N–H and O–H groups in total. The zero-order chi connectivity index (χ0) is 22.1. The van der Waals surface area contributed by atoms with Gasteiger partial charge in [0, 0.05) is 0 Å². The first-order valence-corrected chi connectivity index (χ1v) is 11.2. The fraction of sp³-hybridized carbons (Fsp3) is 0.464. The van der Waals surface area contributed by atoms with Crippen LogP contribution >= 0.6 is 0 Å². The molecular formula is C28H36O2. The van der Waals surface area contributed by atoms with E-state index in [4.69, 9.17) is 0 Å². The molecule has 0 radical (unpaired) electrons. The Morgan fingerprint density at radius 2 is 1.40 bits per heavy atom. The quantitative estimate of drug-likeness (QED) is 0.563. The van der Waals surface area contributed by atoms with Crippen molar-refractivity contribution >= 4 is 12.0 Å². The minimum absolute atomic E-state index is 0.0163. The minimum atomic E-state index is -0.879. The van der Waals surface area contributed by atoms with Gasteiger partial charge in [-0.3, -0.25) is 0 Å². The third kappa shape index (κ3) is 5.22. The normalized spacial score (nSPS) is 15.2. The summed E-state index contributed by atoms with van der Waals surface area (Å²) in [5, 5.41) is 9.62. The summed E-state index contributed by atoms with van der Waals surface area (Å²) >= 11 is 0. The van der Waals surface area contributed by atoms with Gasteiger partial charge < -0.3 is 5.11 Å². The Kier molecular flexibility index (Phi) is 6.26. The maximum atomic E-state index is 11.7. The van der Waals surface area contributed by atoms with E-state index in [1.54, 1.807) is 6.07 Å². The van der Waals surface area contributed by atoms with E-state index < -0.39 is 5.97 Å². The predicted molar refractivity (Wildman–Crippen MR) is 127 cm³/mol. The molecule has 160 valence electrons. The summed E-state index contributed by atoms with van der Waals surface area (Å²) in [6.07, 6.45) is 8.42. The zero-order valence-corrected chi connectivity index (χ0v) is 19.4. The molecule has 0 aromatic heterocycles. The van der Waals surface area contributed by atoms with Gasteiger partial charge in [-0.1, -0.05) is 83.9 Å². The Balaban J connectivity index is 2.24. The van der Waals surface area contributed by atoms with Crippen molar-refractivity contribution in [3.05, 3.63) is 64.2 Å². The second-order valence-corrected chi connectivity index (χ2v) is 10.8. The van der Waals surface area contributed by atoms with E-state index in [1.807, 2.05) is 12.1 Å². The van der Waals surface area contributed by atoms with E-state index in [0.29, 0.717) is 5.56 Å². The monoisotopic (exact) mass is 404 g/mol. The van der Waals surface area contributed by atoms with Crippen molar-refractivity contribution in [3.8, 4) is 11.1 Å². The third-order valence-corrected chi connectivity index (χ3v) is 6.13. The highest BCUT2D eigenvalue weighted by Gasteiger charge is 2.22. The molecule has 2 aromatic carbocycles. The molecule has 3 rings (SSSR count). The summed E-state index contributed by atoms with van der Waals surface area (Å²) in [6.45, 7) is 13.4. The Labute approximate surface area is 182 Å². The third-order valence-electron chi connectivity index (χ3n) is 6.13. The molecule has 0 heterocycles. The number of carboxylic acid groups (broad SMARTS) is 1. The Morgan fingerprint density at radius 1 is 0.833 bits per heavy atom. The van der Waals surface area contributed by atoms with Crippen LogP contribution in [0.2, 0.25) is 0 Å². The smallest absolute Gasteiger partial charge is 0.335 e. The molecule has 0 amide bonds. The summed E-state index contributed by atoms with van der Waals surface area (Å²) in [5.74, 6) is -0.879. The number of hydrogen-bond acceptors (Lipinski definition) is 1. The molecule has 0 unspecified atom stereocenters. The SMILES string of the molecule is CC(C)(C)c1cc(-c2cc(C(=O)O)ccc2C=C2CCCCC2)cc(C(C)(C)C)c1. The van der Waals surface area contributed by atoms with E-state index in [1.165, 1.54) is 36.0 Å². The predicted octanol–water partition coefficient (Wildman–Crippen LogP) is 7.99. The summed E-state index contributed by atoms with van der Waals surface area (Å²) in [5.41, 5.74) is 7.67. The first-order chi connectivity index (χ1) is 13.9. The van der Waals surface area contributed by atoms with Gasteiger partial charge >= 0.3 is 5.97 Å². The second kappa shape index (κ2) is 8.41. The maximum absolute atomic E-state index is 11.7. The van der Waals surface area contributed by atoms with Gasteiger partial charge in [-0.05, 0) is 76.5 Å². The van der Waals surface area contributed by atoms with Crippen molar-refractivity contribution < 1.29 is 9.90 Å². The van der Waals surface area contributed by atoms with Gasteiger partial charge in [0.25, 0.3) is 0 Å². The molecule has 2 nitrogen and oxygen atoms in total. The summed E-state index contributed by atoms with van der Waals surface area (Å²) < 4.78 is 0. The lowest BCUT2D eigenvalue weighted by molar-refractivity contribution is 0.0697. The fourth-order valence-electron chi connectivity index (χ4n) is 4.08. The Bertz CT molecular complexity index is 925. The van der Waals surface area contributed by atoms with Crippen molar-refractivity contribution in [2.45, 2.75) is 84.5 Å². The molecule has 2 heteroatoms. The van der Waals surface area contributed by atoms with E-state index in [-0.39, 0.29) is 10.8 Å². The van der Waals surface area contributed by atoms with Crippen LogP contribution in [0.5, 0.6) is 0 Å². The first-order valence-electron chi connectivity index (χ1n) is 11.2. The molecule has 0 saturated heterocycles. The summed E-state index contributed by atoms with van der Waals surface area (Å²) in [6, 6.07) is 12.4. The summed E-state index contributed by atoms with van der Waals surface area (Å²) in [7, 11) is 0. The highest BCUT2D eigenvalue weighted by Crippen LogP contribution is 2.37. The fourth-order valence-corrected chi connectivity index (χ4v) is 4.08. The van der Waals surface area contributed by atoms with Gasteiger partial charge in [0.15, 0.2) is 0 Å². The van der Waals surface area contributed by atoms with Gasteiger partial charge in [-0.2, -0.15) is 0 Å². The number of aromatic carboxylic acids is 1. The Hall–Kier alpha value is -2.35. The molecular weight excluding hydrogens is 368 g/mol. The zero-order valence-electron chi connectivity index (χ0n) is 19.4. The highest BCUT2D eigenvalue weighted by molar-refractivity contribution is 5.91. The highest BCUT2D eigenvalue weighted by atomic mass is 16.4. The second-order valence-electron chi connectivity index (χ2n) is 10.8. The van der Waals surface area contributed by atoms with Gasteiger partial charge in [0.1, 0.15) is 0 Å². The van der Waals surface area contributed by atoms with Gasteiger partial charge in [-0.15, -0.1) is 0 Å². The van der Waals surface area contributed by atoms with Crippen molar-refractivity contribution in [1.82, 2.24) is 0 Å². The van der Waals surface area contributed by atoms with Crippen molar-refractivity contribution in [2.24, 2.45) is 0 Å². The molecule has 1 fully saturated rings. The standard InChI is InChI=1S/C28H36O2/c1-27(2,3)23-15-22(16-24(18-23)28(4,5)6)25-17-21(26(29)30)13-12-20(25)14-19-10-8-7-9-11-19/h12-18H,7-11H2,1-6H3,(H,29,30). The van der Waals surface area contributed by atoms with E-state index >= 15 is 0 Å². The molecule has 0 aliphatic heterocycles. The number of allylic oxidation sites excluding steroid dienone is 1. The minimum Gasteiger partial charge on any atom is -0.478 e. The number of benzene rings is 2. The molecule has 0 spiro atoms. The topological polar surface area (TPSA) is 37.3 Å². The van der Waals surface area contributed by atoms with E-state index in [9.17, 15) is 9.90 Å². The summed E-state index contributed by atoms with van der Waals surface area (Å²) in [4.78, 5) is 11.7. The van der Waals surface area contributed by atoms with Crippen LogP contribution in [-0.2, 0) is 10.8 Å². The number of carbonyl (C=O) groups is 1. The molecule has 1 aliphatic rings. The first kappa shape index (κ1) is 22.3. The van der Waals surface area contributed by atoms with Crippen LogP contribution in [0.15, 0.2) is 42.0 Å². The lowest BCUT2D eigenvalue weighted by Gasteiger charge is -2.26. The van der Waals surface area contributed by atoms with Crippen LogP contribution in [0.4, 0.5) is 0 Å². The lowest BCUT2D eigenvalue weighted by Crippen LogP contribution is -2.16. The molecule has 2 aromatic rings. The molecule has 1 aliphatic carbocycles. The largest absolute Gasteiger partial charge is 0.478 e. The van der Waals surface area contributed by atoms with Crippen molar-refractivity contribution in [1.29, 1.82) is 0 Å². The van der Waals surface area contributed by atoms with Crippen molar-refractivity contribution in [2.75, 3.05) is 0 Å². The Morgan fingerprint density at radius 3 is 1.90 bits per heavy atom. The molecule has 0 atom stereocenters. The van der Waals surface area contributed by atoms with Crippen LogP contribution in [-0.4, -0.2) is 11.1 Å². The number of rotatable bonds is 3. The van der Waals surface area contributed by atoms with E-state index in [2.05, 4.69) is 65.8 Å². The molecule has 30 heavy (non-hydrogen) atoms. The van der Waals surface area contributed by atoms with Crippen LogP contribution in [0, 0.1) is 0 Å². The van der Waals surface area contributed by atoms with Gasteiger partial charge in [-0.25, -0.2) is 4.79 Å². The number of carboxylic acids is 1. The van der Waals surface area contributed by atoms with Gasteiger partial charge in [0.05, 0.1) is 5.56 Å². The van der Waals surface area contributed by atoms with Crippen LogP contribution in [0.1, 0.15) is 101 Å². The molecule has 1 saturated carbocycles. The maximum Gasteiger partial charge on any atom is 0.335 e. The average molecular weight is 405 g/mol. The van der Waals surface area contributed by atoms with Crippen molar-refractivity contribution in [3.63, 3.8) is 0 Å². The van der Waals surface area contributed by atoms with Crippen LogP contribution in [0.3, 0.4) is 0 Å². The lowest BCUT2D eigenvalue weighted by atomic mass is 9.78. The average Bonchev–Trinajstić information content (AvgIpc) is 2.67. The number of hydrogen-bond donors (Lipinski definition) is 1. The van der Waals surface area contributed by atoms with Gasteiger partial charge in [0.2, 0.25) is 0 Å². The van der Waals surface area contributed by atoms with Crippen LogP contribution < -0.4 is 0 Å².